The average molecular weight is 422 g/mol. The van der Waals surface area contributed by atoms with Gasteiger partial charge in [-0.15, -0.1) is 11.3 Å². The van der Waals surface area contributed by atoms with Crippen molar-refractivity contribution >= 4 is 28.3 Å². The highest BCUT2D eigenvalue weighted by molar-refractivity contribution is 7.17. The molecule has 0 aliphatic heterocycles. The number of methoxy groups -OCH3 is 1. The van der Waals surface area contributed by atoms with Crippen molar-refractivity contribution in [3.63, 3.8) is 0 Å². The van der Waals surface area contributed by atoms with Gasteiger partial charge in [-0.05, 0) is 37.6 Å². The zero-order chi connectivity index (χ0) is 21.3. The van der Waals surface area contributed by atoms with E-state index in [2.05, 4.69) is 15.3 Å². The molecule has 0 radical (unpaired) electrons. The van der Waals surface area contributed by atoms with Crippen LogP contribution in [0.25, 0.3) is 11.0 Å². The number of carbonyl (C=O) groups excluding carboxylic acids is 1. The molecule has 0 aliphatic carbocycles. The van der Waals surface area contributed by atoms with Crippen molar-refractivity contribution in [2.45, 2.75) is 19.9 Å². The summed E-state index contributed by atoms with van der Waals surface area (Å²) < 4.78 is 9.16. The standard InChI is InChI=1S/C22H23N5O2S/c1-14-13-27-18(15(2)24-22(27)30-14)9-10-19(28)25-20(21-23-11-12-26(21)3)16-5-7-17(29-4)8-6-16/h5-13,20H,1-4H3,(H,25,28)/b10-9+. The van der Waals surface area contributed by atoms with Gasteiger partial charge in [0.15, 0.2) is 4.96 Å². The summed E-state index contributed by atoms with van der Waals surface area (Å²) in [4.78, 5) is 23.9. The first kappa shape index (κ1) is 19.9. The number of hydrogen-bond acceptors (Lipinski definition) is 5. The van der Waals surface area contributed by atoms with Gasteiger partial charge in [0, 0.05) is 36.6 Å². The SMILES string of the molecule is COc1ccc(C(NC(=O)/C=C/c2c(C)nc3sc(C)cn23)c2nccn2C)cc1. The quantitative estimate of drug-likeness (QED) is 0.482. The molecule has 154 valence electrons. The van der Waals surface area contributed by atoms with Gasteiger partial charge in [0.1, 0.15) is 17.6 Å². The number of ether oxygens (including phenoxy) is 1. The number of fused-ring (bicyclic) bond motifs is 1. The van der Waals surface area contributed by atoms with Crippen LogP contribution in [0.5, 0.6) is 5.75 Å². The molecule has 0 saturated heterocycles. The lowest BCUT2D eigenvalue weighted by atomic mass is 10.1. The second-order valence-corrected chi connectivity index (χ2v) is 8.23. The van der Waals surface area contributed by atoms with Gasteiger partial charge in [-0.25, -0.2) is 9.97 Å². The van der Waals surface area contributed by atoms with E-state index in [-0.39, 0.29) is 11.9 Å². The van der Waals surface area contributed by atoms with Crippen molar-refractivity contribution in [2.24, 2.45) is 7.05 Å². The zero-order valence-electron chi connectivity index (χ0n) is 17.3. The number of thiazole rings is 1. The molecule has 1 amide bonds. The predicted octanol–water partition coefficient (Wildman–Crippen LogP) is 3.67. The van der Waals surface area contributed by atoms with Crippen LogP contribution in [-0.2, 0) is 11.8 Å². The number of nitrogens with zero attached hydrogens (tertiary/aromatic N) is 4. The Labute approximate surface area is 178 Å². The Balaban J connectivity index is 1.60. The van der Waals surface area contributed by atoms with E-state index in [1.807, 2.05) is 66.5 Å². The maximum absolute atomic E-state index is 12.8. The van der Waals surface area contributed by atoms with Crippen LogP contribution in [0.1, 0.15) is 33.7 Å². The van der Waals surface area contributed by atoms with E-state index >= 15 is 0 Å². The van der Waals surface area contributed by atoms with Gasteiger partial charge in [-0.3, -0.25) is 9.20 Å². The van der Waals surface area contributed by atoms with Crippen LogP contribution in [0.15, 0.2) is 48.9 Å². The van der Waals surface area contributed by atoms with Crippen LogP contribution in [0.3, 0.4) is 0 Å². The van der Waals surface area contributed by atoms with Crippen LogP contribution in [0.4, 0.5) is 0 Å². The molecular weight excluding hydrogens is 398 g/mol. The molecule has 1 aromatic carbocycles. The first-order chi connectivity index (χ1) is 14.5. The van der Waals surface area contributed by atoms with Crippen LogP contribution in [0, 0.1) is 13.8 Å². The maximum Gasteiger partial charge on any atom is 0.244 e. The lowest BCUT2D eigenvalue weighted by molar-refractivity contribution is -0.117. The van der Waals surface area contributed by atoms with E-state index in [0.29, 0.717) is 0 Å². The summed E-state index contributed by atoms with van der Waals surface area (Å²) in [6.45, 7) is 3.99. The van der Waals surface area contributed by atoms with E-state index in [9.17, 15) is 4.79 Å². The Kier molecular flexibility index (Phi) is 5.41. The van der Waals surface area contributed by atoms with E-state index in [0.717, 1.165) is 33.5 Å². The second-order valence-electron chi connectivity index (χ2n) is 7.02. The molecule has 8 heteroatoms. The number of imidazole rings is 2. The van der Waals surface area contributed by atoms with Crippen molar-refractivity contribution in [1.82, 2.24) is 24.3 Å². The Bertz CT molecular complexity index is 1220. The molecule has 1 N–H and O–H groups in total. The molecule has 0 aliphatic rings. The minimum Gasteiger partial charge on any atom is -0.497 e. The maximum atomic E-state index is 12.8. The molecule has 0 spiro atoms. The summed E-state index contributed by atoms with van der Waals surface area (Å²) in [5.41, 5.74) is 2.71. The lowest BCUT2D eigenvalue weighted by Gasteiger charge is -2.18. The Hall–Kier alpha value is -3.39. The normalized spacial score (nSPS) is 12.5. The van der Waals surface area contributed by atoms with Gasteiger partial charge < -0.3 is 14.6 Å². The van der Waals surface area contributed by atoms with Gasteiger partial charge in [0.2, 0.25) is 5.91 Å². The summed E-state index contributed by atoms with van der Waals surface area (Å²) in [5.74, 6) is 1.30. The summed E-state index contributed by atoms with van der Waals surface area (Å²) in [7, 11) is 3.54. The third-order valence-corrected chi connectivity index (χ3v) is 5.81. The Morgan fingerprint density at radius 3 is 2.70 bits per heavy atom. The Morgan fingerprint density at radius 1 is 1.27 bits per heavy atom. The number of aryl methyl sites for hydroxylation is 3. The second kappa shape index (κ2) is 8.16. The summed E-state index contributed by atoms with van der Waals surface area (Å²) in [6.07, 6.45) is 8.97. The minimum absolute atomic E-state index is 0.208. The number of amides is 1. The number of rotatable bonds is 6. The van der Waals surface area contributed by atoms with Crippen LogP contribution >= 0.6 is 11.3 Å². The molecule has 30 heavy (non-hydrogen) atoms. The number of carbonyl (C=O) groups is 1. The fourth-order valence-corrected chi connectivity index (χ4v) is 4.25. The molecule has 4 aromatic rings. The molecule has 1 unspecified atom stereocenters. The van der Waals surface area contributed by atoms with E-state index in [1.54, 1.807) is 36.8 Å². The summed E-state index contributed by atoms with van der Waals surface area (Å²) in [5, 5.41) is 3.07. The molecule has 3 heterocycles. The zero-order valence-corrected chi connectivity index (χ0v) is 18.1. The van der Waals surface area contributed by atoms with Crippen molar-refractivity contribution in [2.75, 3.05) is 7.11 Å². The number of hydrogen-bond donors (Lipinski definition) is 1. The molecular formula is C22H23N5O2S. The lowest BCUT2D eigenvalue weighted by Crippen LogP contribution is -2.29. The molecule has 0 fully saturated rings. The minimum atomic E-state index is -0.386. The number of benzene rings is 1. The number of nitrogens with one attached hydrogen (secondary N) is 1. The van der Waals surface area contributed by atoms with Crippen molar-refractivity contribution in [3.8, 4) is 5.75 Å². The van der Waals surface area contributed by atoms with Gasteiger partial charge in [-0.2, -0.15) is 0 Å². The van der Waals surface area contributed by atoms with Gasteiger partial charge in [0.25, 0.3) is 0 Å². The molecule has 1 atom stereocenters. The van der Waals surface area contributed by atoms with Gasteiger partial charge >= 0.3 is 0 Å². The molecule has 3 aromatic heterocycles. The van der Waals surface area contributed by atoms with Crippen molar-refractivity contribution in [3.05, 3.63) is 76.6 Å². The fraction of sp³-hybridized carbons (Fsp3) is 0.227. The summed E-state index contributed by atoms with van der Waals surface area (Å²) in [6, 6.07) is 7.22. The van der Waals surface area contributed by atoms with E-state index in [4.69, 9.17) is 4.74 Å². The predicted molar refractivity (Wildman–Crippen MR) is 118 cm³/mol. The number of aromatic nitrogens is 4. The highest BCUT2D eigenvalue weighted by atomic mass is 32.1. The first-order valence-electron chi connectivity index (χ1n) is 9.51. The van der Waals surface area contributed by atoms with Crippen molar-refractivity contribution < 1.29 is 9.53 Å². The van der Waals surface area contributed by atoms with E-state index in [1.165, 1.54) is 4.88 Å². The van der Waals surface area contributed by atoms with Gasteiger partial charge in [0.05, 0.1) is 18.5 Å². The average Bonchev–Trinajstić information content (AvgIpc) is 3.38. The smallest absolute Gasteiger partial charge is 0.244 e. The highest BCUT2D eigenvalue weighted by Crippen LogP contribution is 2.24. The molecule has 0 saturated carbocycles. The molecule has 7 nitrogen and oxygen atoms in total. The third-order valence-electron chi connectivity index (χ3n) is 4.91. The Morgan fingerprint density at radius 2 is 2.03 bits per heavy atom. The monoisotopic (exact) mass is 421 g/mol. The highest BCUT2D eigenvalue weighted by Gasteiger charge is 2.20. The van der Waals surface area contributed by atoms with Crippen LogP contribution in [-0.4, -0.2) is 32.0 Å². The van der Waals surface area contributed by atoms with E-state index < -0.39 is 0 Å². The van der Waals surface area contributed by atoms with Crippen LogP contribution in [0.2, 0.25) is 0 Å². The molecule has 0 bridgehead atoms. The topological polar surface area (TPSA) is 73.4 Å². The van der Waals surface area contributed by atoms with Crippen molar-refractivity contribution in [1.29, 1.82) is 0 Å². The van der Waals surface area contributed by atoms with Gasteiger partial charge in [-0.1, -0.05) is 12.1 Å². The largest absolute Gasteiger partial charge is 0.497 e. The summed E-state index contributed by atoms with van der Waals surface area (Å²) >= 11 is 1.63. The first-order valence-corrected chi connectivity index (χ1v) is 10.3. The fourth-order valence-electron chi connectivity index (χ4n) is 3.38. The van der Waals surface area contributed by atoms with Crippen LogP contribution < -0.4 is 10.1 Å². The third kappa shape index (κ3) is 3.86. The molecule has 4 rings (SSSR count).